The molecule has 3 heterocycles. The van der Waals surface area contributed by atoms with E-state index in [-0.39, 0.29) is 47.7 Å². The first-order chi connectivity index (χ1) is 31.9. The van der Waals surface area contributed by atoms with E-state index in [9.17, 15) is 63.0 Å². The highest BCUT2D eigenvalue weighted by Gasteiger charge is 2.50. The lowest BCUT2D eigenvalue weighted by Crippen LogP contribution is -2.46. The van der Waals surface area contributed by atoms with Gasteiger partial charge in [0.1, 0.15) is 36.3 Å². The summed E-state index contributed by atoms with van der Waals surface area (Å²) in [6.07, 6.45) is 8.28. The molecule has 390 valence electrons. The van der Waals surface area contributed by atoms with Crippen molar-refractivity contribution in [1.29, 1.82) is 0 Å². The number of phosphoric ester groups is 3. The van der Waals surface area contributed by atoms with Crippen LogP contribution >= 0.6 is 35.2 Å². The molecule has 8 atom stereocenters. The summed E-state index contributed by atoms with van der Waals surface area (Å²) < 4.78 is 62.4. The van der Waals surface area contributed by atoms with E-state index in [1.54, 1.807) is 0 Å². The number of phosphoric acid groups is 3. The first kappa shape index (κ1) is 59.8. The second-order valence-corrected chi connectivity index (χ2v) is 22.5. The Morgan fingerprint density at radius 1 is 0.868 bits per heavy atom. The van der Waals surface area contributed by atoms with Gasteiger partial charge in [0.2, 0.25) is 11.8 Å². The lowest BCUT2D eigenvalue weighted by molar-refractivity contribution is -0.137. The van der Waals surface area contributed by atoms with E-state index in [0.29, 0.717) is 12.2 Å². The quantitative estimate of drug-likeness (QED) is 0.0346. The Hall–Kier alpha value is -2.48. The number of nitrogens with zero attached hydrogens (tertiary/aromatic N) is 4. The van der Waals surface area contributed by atoms with Gasteiger partial charge in [0, 0.05) is 37.1 Å². The summed E-state index contributed by atoms with van der Waals surface area (Å²) in [6.45, 7) is 2.72. The largest absolute Gasteiger partial charge is 0.481 e. The highest BCUT2D eigenvalue weighted by molar-refractivity contribution is 8.13. The number of amides is 2. The molecular formula is C39H70N7O18P3S. The molecule has 8 unspecified atom stereocenters. The van der Waals surface area contributed by atoms with Gasteiger partial charge in [-0.2, -0.15) is 4.31 Å². The number of ether oxygens (including phenoxy) is 1. The molecule has 1 aliphatic heterocycles. The molecule has 11 N–H and O–H groups in total. The second-order valence-electron chi connectivity index (χ2n) is 17.2. The number of aliphatic hydroxyl groups is 3. The molecule has 1 fully saturated rings. The summed E-state index contributed by atoms with van der Waals surface area (Å²) in [5.74, 6) is -1.09. The van der Waals surface area contributed by atoms with Crippen LogP contribution < -0.4 is 16.4 Å². The molecule has 0 saturated carbocycles. The predicted octanol–water partition coefficient (Wildman–Crippen LogP) is 3.90. The Labute approximate surface area is 399 Å². The topological polar surface area (TPSA) is 384 Å². The fourth-order valence-electron chi connectivity index (χ4n) is 7.03. The Kier molecular flexibility index (Phi) is 25.6. The number of imidazole rings is 1. The van der Waals surface area contributed by atoms with Crippen molar-refractivity contribution in [3.05, 3.63) is 12.7 Å². The number of unbranched alkanes of at least 4 members (excludes halogenated alkanes) is 10. The summed E-state index contributed by atoms with van der Waals surface area (Å²) in [5, 5.41) is 36.8. The number of carbonyl (C=O) groups is 3. The third-order valence-corrected chi connectivity index (χ3v) is 14.9. The number of thioether (sulfide) groups is 1. The third-order valence-electron chi connectivity index (χ3n) is 10.8. The molecule has 2 aromatic rings. The molecule has 1 saturated heterocycles. The van der Waals surface area contributed by atoms with Gasteiger partial charge >= 0.3 is 23.5 Å². The molecule has 25 nitrogen and oxygen atoms in total. The maximum atomic E-state index is 12.7. The molecule has 1 aliphatic rings. The minimum absolute atomic E-state index is 0.0194. The third kappa shape index (κ3) is 21.9. The van der Waals surface area contributed by atoms with Crippen LogP contribution in [0.4, 0.5) is 5.82 Å². The highest BCUT2D eigenvalue weighted by atomic mass is 32.2. The molecule has 0 aromatic carbocycles. The maximum absolute atomic E-state index is 12.7. The predicted molar refractivity (Wildman–Crippen MR) is 248 cm³/mol. The van der Waals surface area contributed by atoms with Crippen LogP contribution in [0, 0.1) is 5.41 Å². The number of anilines is 1. The van der Waals surface area contributed by atoms with E-state index in [1.807, 2.05) is 0 Å². The van der Waals surface area contributed by atoms with Crippen molar-refractivity contribution in [3.8, 4) is 0 Å². The van der Waals surface area contributed by atoms with Gasteiger partial charge in [0.15, 0.2) is 22.8 Å². The Bertz CT molecular complexity index is 2030. The van der Waals surface area contributed by atoms with Gasteiger partial charge in [0.25, 0.3) is 0 Å². The summed E-state index contributed by atoms with van der Waals surface area (Å²) in [7, 11) is -16.4. The number of aliphatic hydroxyl groups excluding tert-OH is 3. The molecule has 0 radical (unpaired) electrons. The normalized spacial score (nSPS) is 20.4. The monoisotopic (exact) mass is 1050 g/mol. The van der Waals surface area contributed by atoms with Crippen molar-refractivity contribution < 1.29 is 85.6 Å². The van der Waals surface area contributed by atoms with E-state index in [2.05, 4.69) is 41.3 Å². The molecule has 29 heteroatoms. The van der Waals surface area contributed by atoms with Crippen LogP contribution in [0.2, 0.25) is 0 Å². The molecule has 0 aliphatic carbocycles. The number of hydrogen-bond acceptors (Lipinski definition) is 19. The molecule has 0 spiro atoms. The van der Waals surface area contributed by atoms with Gasteiger partial charge in [-0.3, -0.25) is 32.5 Å². The number of nitrogens with two attached hydrogens (primary N) is 1. The van der Waals surface area contributed by atoms with Crippen molar-refractivity contribution >= 4 is 69.1 Å². The van der Waals surface area contributed by atoms with Crippen LogP contribution in [0.5, 0.6) is 0 Å². The number of nitrogens with one attached hydrogen (secondary N) is 2. The molecule has 3 rings (SSSR count). The number of aromatic nitrogens is 4. The van der Waals surface area contributed by atoms with Crippen LogP contribution in [0.1, 0.15) is 130 Å². The number of nitrogen functional groups attached to an aromatic ring is 1. The van der Waals surface area contributed by atoms with Crippen LogP contribution in [-0.4, -0.2) is 134 Å². The Morgan fingerprint density at radius 2 is 1.49 bits per heavy atom. The van der Waals surface area contributed by atoms with Gasteiger partial charge in [-0.1, -0.05) is 103 Å². The number of rotatable bonds is 35. The molecular weight excluding hydrogens is 979 g/mol. The average Bonchev–Trinajstić information content (AvgIpc) is 3.82. The average molecular weight is 1050 g/mol. The van der Waals surface area contributed by atoms with Crippen molar-refractivity contribution in [1.82, 2.24) is 30.2 Å². The highest BCUT2D eigenvalue weighted by Crippen LogP contribution is 2.61. The minimum Gasteiger partial charge on any atom is -0.393 e. The number of carbonyl (C=O) groups excluding carboxylic acids is 3. The van der Waals surface area contributed by atoms with Gasteiger partial charge in [-0.25, -0.2) is 28.6 Å². The van der Waals surface area contributed by atoms with E-state index < -0.39 is 84.6 Å². The number of fused-ring (bicyclic) bond motifs is 1. The molecule has 68 heavy (non-hydrogen) atoms. The van der Waals surface area contributed by atoms with E-state index in [1.165, 1.54) is 58.8 Å². The summed E-state index contributed by atoms with van der Waals surface area (Å²) >= 11 is 1.12. The van der Waals surface area contributed by atoms with Crippen molar-refractivity contribution in [2.24, 2.45) is 5.41 Å². The van der Waals surface area contributed by atoms with Gasteiger partial charge in [-0.15, -0.1) is 0 Å². The molecule has 2 aromatic heterocycles. The Morgan fingerprint density at radius 3 is 2.13 bits per heavy atom. The second kappa shape index (κ2) is 29.1. The van der Waals surface area contributed by atoms with Crippen LogP contribution in [0.25, 0.3) is 11.2 Å². The summed E-state index contributed by atoms with van der Waals surface area (Å²) in [5.41, 5.74) is 4.27. The van der Waals surface area contributed by atoms with Crippen LogP contribution in [0.3, 0.4) is 0 Å². The van der Waals surface area contributed by atoms with Gasteiger partial charge in [0.05, 0.1) is 25.6 Å². The zero-order valence-corrected chi connectivity index (χ0v) is 42.2. The first-order valence-electron chi connectivity index (χ1n) is 22.7. The lowest BCUT2D eigenvalue weighted by atomic mass is 9.87. The smallest absolute Gasteiger partial charge is 0.393 e. The Balaban J connectivity index is 1.30. The molecule has 2 amide bonds. The summed E-state index contributed by atoms with van der Waals surface area (Å²) in [4.78, 5) is 88.4. The fourth-order valence-corrected chi connectivity index (χ4v) is 10.6. The standard InChI is InChI=1S/C39H70N7O18P3S/c1-4-5-6-7-8-9-10-13-16-27(47)17-14-11-12-15-18-30(49)68-22-21-41-29(48)19-20-42-37(52)34(51)39(2,3)24-61-67(58,59)64-66(56,57)60-23-28-33(63-65(53,54)55)32(50)38(62-28)46-26-45-31-35(40)43-25-44-36(31)46/h25-28,32-34,38,47,50-51H,4-24H2,1-3H3,(H,41,48)(H,42,52)(H,56,57)(H,58,59)(H2,40,43,44)(H2,53,54,55). The number of hydrogen-bond donors (Lipinski definition) is 10. The van der Waals surface area contributed by atoms with E-state index in [0.717, 1.165) is 73.9 Å². The van der Waals surface area contributed by atoms with E-state index in [4.69, 9.17) is 19.5 Å². The van der Waals surface area contributed by atoms with Crippen molar-refractivity contribution in [2.45, 2.75) is 160 Å². The maximum Gasteiger partial charge on any atom is 0.481 e. The SMILES string of the molecule is CCCCCCCCCCC(O)CCCCCCC(=O)SCCNC(=O)CCNC(=O)C(O)C(C)(C)COP(=O)(O)OP(=O)(O)OCC1OC(n2cnc3c(N)ncnc32)C(O)C1OP(=O)(O)O. The van der Waals surface area contributed by atoms with Crippen LogP contribution in [-0.2, 0) is 50.7 Å². The zero-order valence-electron chi connectivity index (χ0n) is 38.7. The first-order valence-corrected chi connectivity index (χ1v) is 28.2. The zero-order chi connectivity index (χ0) is 50.5. The fraction of sp³-hybridized carbons (Fsp3) is 0.795. The lowest BCUT2D eigenvalue weighted by Gasteiger charge is -2.30. The van der Waals surface area contributed by atoms with Crippen molar-refractivity contribution in [2.75, 3.05) is 37.8 Å². The van der Waals surface area contributed by atoms with Gasteiger partial charge < -0.3 is 56.0 Å². The summed E-state index contributed by atoms with van der Waals surface area (Å²) in [6, 6.07) is 0. The molecule has 0 bridgehead atoms. The van der Waals surface area contributed by atoms with E-state index >= 15 is 0 Å². The van der Waals surface area contributed by atoms with Crippen LogP contribution in [0.15, 0.2) is 12.7 Å². The van der Waals surface area contributed by atoms with Crippen molar-refractivity contribution in [3.63, 3.8) is 0 Å². The minimum atomic E-state index is -5.58. The van der Waals surface area contributed by atoms with Gasteiger partial charge in [-0.05, 0) is 19.3 Å².